The number of carbonyl (C=O) groups excluding carboxylic acids is 2. The van der Waals surface area contributed by atoms with E-state index in [2.05, 4.69) is 30.4 Å². The molecule has 0 bridgehead atoms. The second-order valence-corrected chi connectivity index (χ2v) is 5.14. The predicted octanol–water partition coefficient (Wildman–Crippen LogP) is 0.921. The van der Waals surface area contributed by atoms with Crippen molar-refractivity contribution in [2.24, 2.45) is 0 Å². The number of nitrogens with zero attached hydrogens (tertiary/aromatic N) is 1. The van der Waals surface area contributed by atoms with Crippen LogP contribution in [0.5, 0.6) is 0 Å². The minimum Gasteiger partial charge on any atom is -0.357 e. The average molecular weight is 260 g/mol. The molecule has 1 aromatic carbocycles. The number of likely N-dealkylation sites (N-methyl/N-ethyl adjacent to an activating group) is 2. The van der Waals surface area contributed by atoms with Crippen LogP contribution in [-0.4, -0.2) is 36.9 Å². The molecule has 0 aromatic heterocycles. The van der Waals surface area contributed by atoms with Crippen LogP contribution >= 0.6 is 0 Å². The molecule has 0 heterocycles. The van der Waals surface area contributed by atoms with Crippen LogP contribution in [0.2, 0.25) is 0 Å². The van der Waals surface area contributed by atoms with Gasteiger partial charge in [0.25, 0.3) is 0 Å². The van der Waals surface area contributed by atoms with Crippen molar-refractivity contribution in [2.45, 2.75) is 31.7 Å². The van der Waals surface area contributed by atoms with Gasteiger partial charge in [0.15, 0.2) is 0 Å². The Morgan fingerprint density at radius 3 is 2.68 bits per heavy atom. The molecule has 1 aromatic rings. The molecule has 4 heteroatoms. The SMILES string of the molecule is CCc1ccc2c(c1)CC(C(=O)NC)(N(C)C=O)C2. The fourth-order valence-electron chi connectivity index (χ4n) is 2.83. The first kappa shape index (κ1) is 13.6. The van der Waals surface area contributed by atoms with Crippen molar-refractivity contribution >= 4 is 12.3 Å². The van der Waals surface area contributed by atoms with Crippen LogP contribution in [0, 0.1) is 0 Å². The molecule has 0 saturated heterocycles. The summed E-state index contributed by atoms with van der Waals surface area (Å²) in [5.41, 5.74) is 2.83. The lowest BCUT2D eigenvalue weighted by Crippen LogP contribution is -2.57. The third-order valence-electron chi connectivity index (χ3n) is 4.13. The Kier molecular flexibility index (Phi) is 3.60. The summed E-state index contributed by atoms with van der Waals surface area (Å²) in [7, 11) is 3.29. The zero-order valence-electron chi connectivity index (χ0n) is 11.7. The monoisotopic (exact) mass is 260 g/mol. The lowest BCUT2D eigenvalue weighted by atomic mass is 9.93. The van der Waals surface area contributed by atoms with Crippen LogP contribution in [0.3, 0.4) is 0 Å². The molecular formula is C15H20N2O2. The Bertz CT molecular complexity index is 513. The Morgan fingerprint density at radius 2 is 2.11 bits per heavy atom. The smallest absolute Gasteiger partial charge is 0.246 e. The quantitative estimate of drug-likeness (QED) is 0.818. The number of benzene rings is 1. The first-order valence-corrected chi connectivity index (χ1v) is 6.58. The molecule has 0 fully saturated rings. The molecule has 0 aliphatic heterocycles. The van der Waals surface area contributed by atoms with Gasteiger partial charge in [-0.1, -0.05) is 25.1 Å². The summed E-state index contributed by atoms with van der Waals surface area (Å²) >= 11 is 0. The summed E-state index contributed by atoms with van der Waals surface area (Å²) in [6, 6.07) is 6.33. The zero-order chi connectivity index (χ0) is 14.0. The summed E-state index contributed by atoms with van der Waals surface area (Å²) in [6.45, 7) is 2.11. The normalized spacial score (nSPS) is 20.8. The van der Waals surface area contributed by atoms with Crippen molar-refractivity contribution in [3.8, 4) is 0 Å². The zero-order valence-corrected chi connectivity index (χ0v) is 11.7. The summed E-state index contributed by atoms with van der Waals surface area (Å²) in [5, 5.41) is 2.69. The number of carbonyl (C=O) groups is 2. The lowest BCUT2D eigenvalue weighted by Gasteiger charge is -2.34. The number of fused-ring (bicyclic) bond motifs is 1. The largest absolute Gasteiger partial charge is 0.357 e. The van der Waals surface area contributed by atoms with Crippen molar-refractivity contribution in [1.82, 2.24) is 10.2 Å². The Hall–Kier alpha value is -1.84. The summed E-state index contributed by atoms with van der Waals surface area (Å²) in [5.74, 6) is -0.101. The summed E-state index contributed by atoms with van der Waals surface area (Å²) in [4.78, 5) is 24.9. The average Bonchev–Trinajstić information content (AvgIpc) is 2.84. The third kappa shape index (κ3) is 2.11. The Morgan fingerprint density at radius 1 is 1.42 bits per heavy atom. The molecule has 0 spiro atoms. The van der Waals surface area contributed by atoms with Gasteiger partial charge in [-0.3, -0.25) is 9.59 Å². The molecule has 1 atom stereocenters. The number of aryl methyl sites for hydroxylation is 1. The van der Waals surface area contributed by atoms with Gasteiger partial charge in [-0.25, -0.2) is 0 Å². The molecule has 2 rings (SSSR count). The molecule has 2 amide bonds. The molecule has 102 valence electrons. The first-order valence-electron chi connectivity index (χ1n) is 6.58. The number of amides is 2. The molecular weight excluding hydrogens is 240 g/mol. The van der Waals surface area contributed by atoms with Crippen molar-refractivity contribution in [3.05, 3.63) is 34.9 Å². The van der Waals surface area contributed by atoms with Gasteiger partial charge in [0.1, 0.15) is 5.54 Å². The van der Waals surface area contributed by atoms with Gasteiger partial charge >= 0.3 is 0 Å². The lowest BCUT2D eigenvalue weighted by molar-refractivity contribution is -0.138. The molecule has 4 nitrogen and oxygen atoms in total. The van der Waals surface area contributed by atoms with Crippen LogP contribution < -0.4 is 5.32 Å². The highest BCUT2D eigenvalue weighted by molar-refractivity contribution is 5.89. The van der Waals surface area contributed by atoms with Crippen LogP contribution in [0.1, 0.15) is 23.6 Å². The molecule has 1 N–H and O–H groups in total. The molecule has 1 unspecified atom stereocenters. The molecule has 19 heavy (non-hydrogen) atoms. The molecule has 1 aliphatic carbocycles. The molecule has 0 saturated carbocycles. The highest BCUT2D eigenvalue weighted by atomic mass is 16.2. The van der Waals surface area contributed by atoms with Crippen LogP contribution in [0.25, 0.3) is 0 Å². The van der Waals surface area contributed by atoms with Crippen molar-refractivity contribution in [2.75, 3.05) is 14.1 Å². The van der Waals surface area contributed by atoms with Crippen molar-refractivity contribution in [3.63, 3.8) is 0 Å². The summed E-state index contributed by atoms with van der Waals surface area (Å²) in [6.07, 6.45) is 2.89. The topological polar surface area (TPSA) is 49.4 Å². The maximum Gasteiger partial charge on any atom is 0.246 e. The molecule has 0 radical (unpaired) electrons. The van der Waals surface area contributed by atoms with Gasteiger partial charge < -0.3 is 10.2 Å². The van der Waals surface area contributed by atoms with E-state index in [0.29, 0.717) is 12.8 Å². The Labute approximate surface area is 113 Å². The number of hydrogen-bond donors (Lipinski definition) is 1. The second kappa shape index (κ2) is 5.03. The number of rotatable bonds is 4. The van der Waals surface area contributed by atoms with Crippen LogP contribution in [-0.2, 0) is 28.9 Å². The van der Waals surface area contributed by atoms with E-state index in [-0.39, 0.29) is 5.91 Å². The van der Waals surface area contributed by atoms with Crippen molar-refractivity contribution in [1.29, 1.82) is 0 Å². The van der Waals surface area contributed by atoms with Gasteiger partial charge in [0.05, 0.1) is 0 Å². The summed E-state index contributed by atoms with van der Waals surface area (Å²) < 4.78 is 0. The van der Waals surface area contributed by atoms with E-state index >= 15 is 0 Å². The van der Waals surface area contributed by atoms with Gasteiger partial charge in [-0.2, -0.15) is 0 Å². The van der Waals surface area contributed by atoms with Crippen LogP contribution in [0.4, 0.5) is 0 Å². The minimum absolute atomic E-state index is 0.101. The van der Waals surface area contributed by atoms with Gasteiger partial charge in [-0.15, -0.1) is 0 Å². The minimum atomic E-state index is -0.773. The fraction of sp³-hybridized carbons (Fsp3) is 0.467. The number of hydrogen-bond acceptors (Lipinski definition) is 2. The highest BCUT2D eigenvalue weighted by Crippen LogP contribution is 2.34. The number of nitrogens with one attached hydrogen (secondary N) is 1. The van der Waals surface area contributed by atoms with E-state index in [9.17, 15) is 9.59 Å². The van der Waals surface area contributed by atoms with E-state index in [1.54, 1.807) is 14.1 Å². The Balaban J connectivity index is 2.41. The van der Waals surface area contributed by atoms with E-state index in [0.717, 1.165) is 18.4 Å². The second-order valence-electron chi connectivity index (χ2n) is 5.14. The van der Waals surface area contributed by atoms with E-state index < -0.39 is 5.54 Å². The highest BCUT2D eigenvalue weighted by Gasteiger charge is 2.46. The van der Waals surface area contributed by atoms with Crippen LogP contribution in [0.15, 0.2) is 18.2 Å². The standard InChI is InChI=1S/C15H20N2O2/c1-4-11-5-6-12-8-15(14(19)16-2,17(3)10-18)9-13(12)7-11/h5-7,10H,4,8-9H2,1-3H3,(H,16,19). The van der Waals surface area contributed by atoms with E-state index in [1.807, 2.05) is 0 Å². The fourth-order valence-corrected chi connectivity index (χ4v) is 2.83. The maximum atomic E-state index is 12.2. The van der Waals surface area contributed by atoms with Gasteiger partial charge in [-0.05, 0) is 23.1 Å². The molecule has 1 aliphatic rings. The van der Waals surface area contributed by atoms with Gasteiger partial charge in [0, 0.05) is 26.9 Å². The maximum absolute atomic E-state index is 12.2. The third-order valence-corrected chi connectivity index (χ3v) is 4.13. The predicted molar refractivity (Wildman–Crippen MR) is 73.9 cm³/mol. The van der Waals surface area contributed by atoms with Crippen molar-refractivity contribution < 1.29 is 9.59 Å². The van der Waals surface area contributed by atoms with E-state index in [4.69, 9.17) is 0 Å². The van der Waals surface area contributed by atoms with Gasteiger partial charge in [0.2, 0.25) is 12.3 Å². The van der Waals surface area contributed by atoms with E-state index in [1.165, 1.54) is 16.0 Å². The first-order chi connectivity index (χ1) is 9.07.